The summed E-state index contributed by atoms with van der Waals surface area (Å²) in [6, 6.07) is 10.8. The van der Waals surface area contributed by atoms with Gasteiger partial charge in [-0.15, -0.1) is 0 Å². The van der Waals surface area contributed by atoms with Gasteiger partial charge in [0.25, 0.3) is 0 Å². The number of carbonyl (C=O) groups excluding carboxylic acids is 1. The van der Waals surface area contributed by atoms with E-state index in [-0.39, 0.29) is 24.1 Å². The predicted octanol–water partition coefficient (Wildman–Crippen LogP) is 3.34. The fraction of sp³-hybridized carbons (Fsp3) is 0.240. The van der Waals surface area contributed by atoms with Crippen LogP contribution in [0.5, 0.6) is 0 Å². The second-order valence-electron chi connectivity index (χ2n) is 8.35. The highest BCUT2D eigenvalue weighted by Gasteiger charge is 2.24. The first kappa shape index (κ1) is 22.6. The molecule has 1 saturated heterocycles. The van der Waals surface area contributed by atoms with Crippen molar-refractivity contribution in [2.75, 3.05) is 31.1 Å². The Labute approximate surface area is 200 Å². The number of carbonyl (C=O) groups is 1. The first-order valence-electron chi connectivity index (χ1n) is 11.2. The number of aromatic nitrogens is 5. The van der Waals surface area contributed by atoms with E-state index < -0.39 is 0 Å². The topological polar surface area (TPSA) is 80.0 Å². The number of halogens is 2. The Bertz CT molecular complexity index is 1330. The molecule has 0 atom stereocenters. The van der Waals surface area contributed by atoms with Crippen molar-refractivity contribution < 1.29 is 13.6 Å². The standard InChI is InChI=1S/C25H23F2N7O/c1-17-12-19(4-7-21(17)27)22-13-34(24(31-22)18-2-5-20(26)6-3-18)14-23(35)32-8-10-33(11-9-32)25-29-15-28-16-30-25/h2-7,12-13,15-16H,8-11,14H2,1H3. The molecule has 35 heavy (non-hydrogen) atoms. The van der Waals surface area contributed by atoms with Crippen LogP contribution in [-0.2, 0) is 11.3 Å². The minimum absolute atomic E-state index is 0.0529. The number of hydrogen-bond donors (Lipinski definition) is 0. The van der Waals surface area contributed by atoms with Crippen molar-refractivity contribution in [1.82, 2.24) is 29.4 Å². The van der Waals surface area contributed by atoms with E-state index in [1.165, 1.54) is 30.9 Å². The van der Waals surface area contributed by atoms with Gasteiger partial charge >= 0.3 is 0 Å². The maximum Gasteiger partial charge on any atom is 0.242 e. The summed E-state index contributed by atoms with van der Waals surface area (Å²) < 4.78 is 29.1. The van der Waals surface area contributed by atoms with Gasteiger partial charge in [0, 0.05) is 43.5 Å². The molecule has 0 bridgehead atoms. The molecule has 2 aromatic carbocycles. The molecule has 1 fully saturated rings. The van der Waals surface area contributed by atoms with Crippen molar-refractivity contribution in [3.8, 4) is 22.6 Å². The molecule has 0 saturated carbocycles. The second kappa shape index (κ2) is 9.57. The molecule has 1 aliphatic heterocycles. The van der Waals surface area contributed by atoms with Gasteiger partial charge in [-0.25, -0.2) is 28.7 Å². The van der Waals surface area contributed by atoms with Gasteiger partial charge in [-0.2, -0.15) is 0 Å². The van der Waals surface area contributed by atoms with Crippen LogP contribution in [0.25, 0.3) is 22.6 Å². The summed E-state index contributed by atoms with van der Waals surface area (Å²) in [5.41, 5.74) is 2.54. The fourth-order valence-electron chi connectivity index (χ4n) is 4.11. The average molecular weight is 476 g/mol. The Balaban J connectivity index is 1.38. The van der Waals surface area contributed by atoms with Crippen LogP contribution in [-0.4, -0.2) is 61.5 Å². The largest absolute Gasteiger partial charge is 0.338 e. The zero-order chi connectivity index (χ0) is 24.4. The Morgan fingerprint density at radius 3 is 2.31 bits per heavy atom. The number of anilines is 1. The normalized spacial score (nSPS) is 13.8. The minimum atomic E-state index is -0.353. The van der Waals surface area contributed by atoms with E-state index in [0.717, 1.165) is 5.56 Å². The number of amides is 1. The lowest BCUT2D eigenvalue weighted by Gasteiger charge is -2.34. The third-order valence-electron chi connectivity index (χ3n) is 6.03. The second-order valence-corrected chi connectivity index (χ2v) is 8.35. The third kappa shape index (κ3) is 4.86. The number of aryl methyl sites for hydroxylation is 1. The van der Waals surface area contributed by atoms with Gasteiger partial charge in [0.15, 0.2) is 0 Å². The summed E-state index contributed by atoms with van der Waals surface area (Å²) in [5, 5.41) is 0. The van der Waals surface area contributed by atoms with E-state index in [0.29, 0.717) is 54.8 Å². The van der Waals surface area contributed by atoms with Crippen LogP contribution in [0, 0.1) is 18.6 Å². The molecular weight excluding hydrogens is 452 g/mol. The Kier molecular flexibility index (Phi) is 6.17. The highest BCUT2D eigenvalue weighted by Crippen LogP contribution is 2.27. The van der Waals surface area contributed by atoms with Crippen molar-refractivity contribution in [3.63, 3.8) is 0 Å². The molecule has 1 amide bonds. The SMILES string of the molecule is Cc1cc(-c2cn(CC(=O)N3CCN(c4ncncn4)CC3)c(-c3ccc(F)cc3)n2)ccc1F. The van der Waals surface area contributed by atoms with Crippen molar-refractivity contribution >= 4 is 11.9 Å². The number of piperazine rings is 1. The van der Waals surface area contributed by atoms with Crippen LogP contribution in [0.3, 0.4) is 0 Å². The zero-order valence-electron chi connectivity index (χ0n) is 19.1. The van der Waals surface area contributed by atoms with Gasteiger partial charge in [-0.3, -0.25) is 4.79 Å². The molecule has 0 N–H and O–H groups in total. The van der Waals surface area contributed by atoms with Crippen LogP contribution in [0.15, 0.2) is 61.3 Å². The zero-order valence-corrected chi connectivity index (χ0v) is 19.1. The molecule has 8 nitrogen and oxygen atoms in total. The van der Waals surface area contributed by atoms with Crippen molar-refractivity contribution in [2.24, 2.45) is 0 Å². The first-order chi connectivity index (χ1) is 17.0. The summed E-state index contributed by atoms with van der Waals surface area (Å²) >= 11 is 0. The van der Waals surface area contributed by atoms with Crippen molar-refractivity contribution in [3.05, 3.63) is 78.5 Å². The molecule has 5 rings (SSSR count). The van der Waals surface area contributed by atoms with Crippen LogP contribution in [0.2, 0.25) is 0 Å². The van der Waals surface area contributed by atoms with Gasteiger partial charge in [-0.1, -0.05) is 0 Å². The van der Waals surface area contributed by atoms with Gasteiger partial charge in [-0.05, 0) is 55.0 Å². The maximum atomic E-state index is 13.8. The van der Waals surface area contributed by atoms with Gasteiger partial charge in [0.2, 0.25) is 11.9 Å². The molecule has 0 aliphatic carbocycles. The van der Waals surface area contributed by atoms with Crippen LogP contribution >= 0.6 is 0 Å². The van der Waals surface area contributed by atoms with E-state index in [9.17, 15) is 13.6 Å². The molecule has 10 heteroatoms. The number of rotatable bonds is 5. The minimum Gasteiger partial charge on any atom is -0.338 e. The lowest BCUT2D eigenvalue weighted by atomic mass is 10.1. The lowest BCUT2D eigenvalue weighted by Crippen LogP contribution is -2.50. The Morgan fingerprint density at radius 1 is 0.943 bits per heavy atom. The predicted molar refractivity (Wildman–Crippen MR) is 126 cm³/mol. The summed E-state index contributed by atoms with van der Waals surface area (Å²) in [7, 11) is 0. The molecule has 0 spiro atoms. The number of benzene rings is 2. The van der Waals surface area contributed by atoms with E-state index in [4.69, 9.17) is 4.98 Å². The van der Waals surface area contributed by atoms with E-state index >= 15 is 0 Å². The highest BCUT2D eigenvalue weighted by atomic mass is 19.1. The maximum absolute atomic E-state index is 13.8. The number of hydrogen-bond acceptors (Lipinski definition) is 6. The summed E-state index contributed by atoms with van der Waals surface area (Å²) in [6.45, 7) is 4.07. The molecule has 178 valence electrons. The van der Waals surface area contributed by atoms with E-state index in [1.807, 2.05) is 4.90 Å². The summed E-state index contributed by atoms with van der Waals surface area (Å²) in [5.74, 6) is 0.438. The summed E-state index contributed by atoms with van der Waals surface area (Å²) in [4.78, 5) is 33.9. The monoisotopic (exact) mass is 475 g/mol. The van der Waals surface area contributed by atoms with Gasteiger partial charge in [0.1, 0.15) is 36.7 Å². The Hall–Kier alpha value is -4.21. The Morgan fingerprint density at radius 2 is 1.63 bits per heavy atom. The quantitative estimate of drug-likeness (QED) is 0.441. The van der Waals surface area contributed by atoms with E-state index in [1.54, 1.807) is 46.9 Å². The van der Waals surface area contributed by atoms with Crippen LogP contribution in [0.4, 0.5) is 14.7 Å². The molecule has 3 heterocycles. The first-order valence-corrected chi connectivity index (χ1v) is 11.2. The van der Waals surface area contributed by atoms with Crippen molar-refractivity contribution in [2.45, 2.75) is 13.5 Å². The van der Waals surface area contributed by atoms with Crippen LogP contribution in [0.1, 0.15) is 5.56 Å². The number of nitrogens with zero attached hydrogens (tertiary/aromatic N) is 7. The average Bonchev–Trinajstić information content (AvgIpc) is 3.30. The molecule has 4 aromatic rings. The molecule has 1 aliphatic rings. The molecule has 2 aromatic heterocycles. The van der Waals surface area contributed by atoms with Gasteiger partial charge < -0.3 is 14.4 Å². The molecular formula is C25H23F2N7O. The highest BCUT2D eigenvalue weighted by molar-refractivity contribution is 5.78. The summed E-state index contributed by atoms with van der Waals surface area (Å²) in [6.07, 6.45) is 4.69. The fourth-order valence-corrected chi connectivity index (χ4v) is 4.11. The molecule has 0 radical (unpaired) electrons. The van der Waals surface area contributed by atoms with Crippen molar-refractivity contribution in [1.29, 1.82) is 0 Å². The number of imidazole rings is 1. The third-order valence-corrected chi connectivity index (χ3v) is 6.03. The van der Waals surface area contributed by atoms with Gasteiger partial charge in [0.05, 0.1) is 5.69 Å². The van der Waals surface area contributed by atoms with E-state index in [2.05, 4.69) is 15.0 Å². The molecule has 0 unspecified atom stereocenters. The lowest BCUT2D eigenvalue weighted by molar-refractivity contribution is -0.132. The smallest absolute Gasteiger partial charge is 0.242 e. The van der Waals surface area contributed by atoms with Crippen LogP contribution < -0.4 is 4.90 Å².